The number of nitrogens with one attached hydrogen (secondary N) is 1. The van der Waals surface area contributed by atoms with Crippen molar-refractivity contribution in [2.75, 3.05) is 23.3 Å². The highest BCUT2D eigenvalue weighted by Crippen LogP contribution is 2.23. The average Bonchev–Trinajstić information content (AvgIpc) is 3.08. The van der Waals surface area contributed by atoms with Crippen molar-refractivity contribution in [2.24, 2.45) is 7.05 Å². The SMILES string of the molecule is Cn1cccc1CNc1cccc(N2CCCC2)c1. The van der Waals surface area contributed by atoms with Gasteiger partial charge in [-0.1, -0.05) is 6.07 Å². The van der Waals surface area contributed by atoms with Gasteiger partial charge in [-0.3, -0.25) is 0 Å². The molecule has 0 amide bonds. The van der Waals surface area contributed by atoms with Crippen molar-refractivity contribution in [3.63, 3.8) is 0 Å². The van der Waals surface area contributed by atoms with E-state index in [1.807, 2.05) is 0 Å². The molecule has 1 N–H and O–H groups in total. The smallest absolute Gasteiger partial charge is 0.0553 e. The summed E-state index contributed by atoms with van der Waals surface area (Å²) < 4.78 is 2.15. The minimum atomic E-state index is 0.868. The lowest BCUT2D eigenvalue weighted by atomic mass is 10.2. The molecule has 1 aliphatic rings. The molecule has 100 valence electrons. The van der Waals surface area contributed by atoms with Gasteiger partial charge in [0, 0.05) is 43.4 Å². The number of anilines is 2. The molecule has 1 aromatic heterocycles. The molecule has 1 aliphatic heterocycles. The molecule has 0 spiro atoms. The topological polar surface area (TPSA) is 20.2 Å². The van der Waals surface area contributed by atoms with Crippen LogP contribution in [0.2, 0.25) is 0 Å². The molecule has 1 saturated heterocycles. The Morgan fingerprint density at radius 3 is 2.68 bits per heavy atom. The van der Waals surface area contributed by atoms with Crippen molar-refractivity contribution in [1.29, 1.82) is 0 Å². The molecule has 3 nitrogen and oxygen atoms in total. The van der Waals surface area contributed by atoms with Crippen LogP contribution >= 0.6 is 0 Å². The Hall–Kier alpha value is -1.90. The zero-order valence-electron chi connectivity index (χ0n) is 11.5. The summed E-state index contributed by atoms with van der Waals surface area (Å²) in [7, 11) is 2.08. The summed E-state index contributed by atoms with van der Waals surface area (Å²) in [5, 5.41) is 3.50. The van der Waals surface area contributed by atoms with Gasteiger partial charge in [-0.05, 0) is 43.2 Å². The Kier molecular flexibility index (Phi) is 3.45. The molecule has 19 heavy (non-hydrogen) atoms. The molecule has 3 heteroatoms. The Morgan fingerprint density at radius 2 is 1.95 bits per heavy atom. The van der Waals surface area contributed by atoms with E-state index < -0.39 is 0 Å². The van der Waals surface area contributed by atoms with E-state index in [9.17, 15) is 0 Å². The van der Waals surface area contributed by atoms with Crippen molar-refractivity contribution < 1.29 is 0 Å². The van der Waals surface area contributed by atoms with Gasteiger partial charge in [0.05, 0.1) is 6.54 Å². The maximum atomic E-state index is 3.50. The van der Waals surface area contributed by atoms with Crippen LogP contribution in [0.15, 0.2) is 42.6 Å². The Labute approximate surface area is 114 Å². The van der Waals surface area contributed by atoms with E-state index >= 15 is 0 Å². The van der Waals surface area contributed by atoms with Crippen LogP contribution in [0.1, 0.15) is 18.5 Å². The van der Waals surface area contributed by atoms with Gasteiger partial charge in [0.25, 0.3) is 0 Å². The van der Waals surface area contributed by atoms with Crippen molar-refractivity contribution in [3.8, 4) is 0 Å². The molecule has 0 aliphatic carbocycles. The van der Waals surface area contributed by atoms with E-state index in [0.717, 1.165) is 6.54 Å². The first-order valence-electron chi connectivity index (χ1n) is 7.02. The molecule has 0 bridgehead atoms. The molecule has 0 saturated carbocycles. The Bertz CT molecular complexity index is 538. The van der Waals surface area contributed by atoms with Crippen LogP contribution < -0.4 is 10.2 Å². The van der Waals surface area contributed by atoms with Gasteiger partial charge in [0.15, 0.2) is 0 Å². The number of nitrogens with zero attached hydrogens (tertiary/aromatic N) is 2. The molecular formula is C16H21N3. The first-order valence-corrected chi connectivity index (χ1v) is 7.02. The summed E-state index contributed by atoms with van der Waals surface area (Å²) in [6.07, 6.45) is 4.72. The van der Waals surface area contributed by atoms with Crippen molar-refractivity contribution in [2.45, 2.75) is 19.4 Å². The lowest BCUT2D eigenvalue weighted by Crippen LogP contribution is -2.17. The zero-order valence-corrected chi connectivity index (χ0v) is 11.5. The normalized spacial score (nSPS) is 14.9. The predicted molar refractivity (Wildman–Crippen MR) is 80.6 cm³/mol. The third-order valence-electron chi connectivity index (χ3n) is 3.84. The first-order chi connectivity index (χ1) is 9.33. The summed E-state index contributed by atoms with van der Waals surface area (Å²) >= 11 is 0. The Morgan fingerprint density at radius 1 is 1.11 bits per heavy atom. The van der Waals surface area contributed by atoms with Gasteiger partial charge in [-0.25, -0.2) is 0 Å². The van der Waals surface area contributed by atoms with E-state index in [2.05, 4.69) is 64.4 Å². The highest BCUT2D eigenvalue weighted by molar-refractivity contribution is 5.58. The van der Waals surface area contributed by atoms with Gasteiger partial charge in [-0.2, -0.15) is 0 Å². The van der Waals surface area contributed by atoms with Crippen molar-refractivity contribution >= 4 is 11.4 Å². The molecule has 3 rings (SSSR count). The average molecular weight is 255 g/mol. The van der Waals surface area contributed by atoms with Crippen LogP contribution in [0.4, 0.5) is 11.4 Å². The van der Waals surface area contributed by atoms with Gasteiger partial charge in [-0.15, -0.1) is 0 Å². The van der Waals surface area contributed by atoms with Crippen molar-refractivity contribution in [1.82, 2.24) is 4.57 Å². The first kappa shape index (κ1) is 12.2. The highest BCUT2D eigenvalue weighted by Gasteiger charge is 2.12. The third kappa shape index (κ3) is 2.75. The highest BCUT2D eigenvalue weighted by atomic mass is 15.1. The number of hydrogen-bond donors (Lipinski definition) is 1. The molecule has 2 aromatic rings. The van der Waals surface area contributed by atoms with E-state index in [-0.39, 0.29) is 0 Å². The summed E-state index contributed by atoms with van der Waals surface area (Å²) in [6, 6.07) is 13.0. The standard InChI is InChI=1S/C16H21N3/c1-18-9-5-8-16(18)13-17-14-6-4-7-15(12-14)19-10-2-3-11-19/h4-9,12,17H,2-3,10-11,13H2,1H3. The fourth-order valence-electron chi connectivity index (χ4n) is 2.66. The number of rotatable bonds is 4. The summed E-state index contributed by atoms with van der Waals surface area (Å²) in [5.41, 5.74) is 3.84. The van der Waals surface area contributed by atoms with Crippen molar-refractivity contribution in [3.05, 3.63) is 48.3 Å². The van der Waals surface area contributed by atoms with Crippen LogP contribution in [-0.2, 0) is 13.6 Å². The van der Waals surface area contributed by atoms with Crippen LogP contribution in [0, 0.1) is 0 Å². The van der Waals surface area contributed by atoms with Crippen LogP contribution in [0.3, 0.4) is 0 Å². The number of aryl methyl sites for hydroxylation is 1. The summed E-state index contributed by atoms with van der Waals surface area (Å²) in [4.78, 5) is 2.47. The zero-order chi connectivity index (χ0) is 13.1. The van der Waals surface area contributed by atoms with Crippen LogP contribution in [-0.4, -0.2) is 17.7 Å². The molecule has 1 aromatic carbocycles. The van der Waals surface area contributed by atoms with E-state index in [1.165, 1.54) is 43.0 Å². The second-order valence-electron chi connectivity index (χ2n) is 5.21. The maximum Gasteiger partial charge on any atom is 0.0553 e. The Balaban J connectivity index is 1.67. The molecule has 0 radical (unpaired) electrons. The summed E-state index contributed by atoms with van der Waals surface area (Å²) in [5.74, 6) is 0. The molecular weight excluding hydrogens is 234 g/mol. The van der Waals surface area contributed by atoms with Crippen LogP contribution in [0.5, 0.6) is 0 Å². The van der Waals surface area contributed by atoms with Gasteiger partial charge < -0.3 is 14.8 Å². The lowest BCUT2D eigenvalue weighted by Gasteiger charge is -2.18. The molecule has 0 atom stereocenters. The molecule has 1 fully saturated rings. The minimum absolute atomic E-state index is 0.868. The van der Waals surface area contributed by atoms with Gasteiger partial charge >= 0.3 is 0 Å². The van der Waals surface area contributed by atoms with Crippen LogP contribution in [0.25, 0.3) is 0 Å². The minimum Gasteiger partial charge on any atom is -0.379 e. The van der Waals surface area contributed by atoms with Gasteiger partial charge in [0.2, 0.25) is 0 Å². The largest absolute Gasteiger partial charge is 0.379 e. The fourth-order valence-corrected chi connectivity index (χ4v) is 2.66. The summed E-state index contributed by atoms with van der Waals surface area (Å²) in [6.45, 7) is 3.26. The lowest BCUT2D eigenvalue weighted by molar-refractivity contribution is 0.842. The number of aromatic nitrogens is 1. The third-order valence-corrected chi connectivity index (χ3v) is 3.84. The molecule has 2 heterocycles. The van der Waals surface area contributed by atoms with E-state index in [1.54, 1.807) is 0 Å². The quantitative estimate of drug-likeness (QED) is 0.905. The maximum absolute atomic E-state index is 3.50. The van der Waals surface area contributed by atoms with E-state index in [0.29, 0.717) is 0 Å². The number of benzene rings is 1. The fraction of sp³-hybridized carbons (Fsp3) is 0.375. The number of hydrogen-bond acceptors (Lipinski definition) is 2. The van der Waals surface area contributed by atoms with Gasteiger partial charge in [0.1, 0.15) is 0 Å². The second kappa shape index (κ2) is 5.39. The second-order valence-corrected chi connectivity index (χ2v) is 5.21. The molecule has 0 unspecified atom stereocenters. The monoisotopic (exact) mass is 255 g/mol. The predicted octanol–water partition coefficient (Wildman–Crippen LogP) is 3.24. The van der Waals surface area contributed by atoms with E-state index in [4.69, 9.17) is 0 Å².